The van der Waals surface area contributed by atoms with Gasteiger partial charge in [0.1, 0.15) is 31.0 Å². The van der Waals surface area contributed by atoms with Crippen LogP contribution in [-0.4, -0.2) is 282 Å². The number of esters is 10. The summed E-state index contributed by atoms with van der Waals surface area (Å²) >= 11 is 0. The second-order valence-corrected chi connectivity index (χ2v) is 29.0. The van der Waals surface area contributed by atoms with Crippen molar-refractivity contribution < 1.29 is 258 Å². The Hall–Kier alpha value is -19.2. The van der Waals surface area contributed by atoms with Gasteiger partial charge in [0.15, 0.2) is 157 Å². The fourth-order valence-corrected chi connectivity index (χ4v) is 14.5. The number of cyclic esters (lactones) is 1. The van der Waals surface area contributed by atoms with Crippen LogP contribution in [0.25, 0.3) is 33.4 Å². The van der Waals surface area contributed by atoms with Crippen LogP contribution >= 0.6 is 0 Å². The van der Waals surface area contributed by atoms with E-state index in [1.165, 1.54) is 0 Å². The molecule has 0 bridgehead atoms. The zero-order valence-corrected chi connectivity index (χ0v) is 65.6. The molecule has 0 spiro atoms. The van der Waals surface area contributed by atoms with Crippen molar-refractivity contribution in [2.24, 2.45) is 0 Å². The molecule has 29 N–H and O–H groups in total. The normalized spacial score (nSPS) is 19.5. The lowest BCUT2D eigenvalue weighted by atomic mass is 9.91. The van der Waals surface area contributed by atoms with Crippen molar-refractivity contribution in [3.63, 3.8) is 0 Å². The summed E-state index contributed by atoms with van der Waals surface area (Å²) in [6.07, 6.45) is -28.4. The molecule has 5 aliphatic rings. The quantitative estimate of drug-likeness (QED) is 0.0498. The molecule has 0 amide bonds. The van der Waals surface area contributed by atoms with Gasteiger partial charge in [0.25, 0.3) is 0 Å². The summed E-state index contributed by atoms with van der Waals surface area (Å²) in [6, 6.07) is 4.08. The van der Waals surface area contributed by atoms with E-state index in [4.69, 9.17) is 61.6 Å². The Kier molecular flexibility index (Phi) is 22.0. The van der Waals surface area contributed by atoms with Crippen LogP contribution in [0.4, 0.5) is 0 Å². The molecule has 696 valence electrons. The number of phenols is 29. The molecule has 0 unspecified atom stereocenters. The highest BCUT2D eigenvalue weighted by molar-refractivity contribution is 6.12. The van der Waals surface area contributed by atoms with Crippen LogP contribution < -0.4 is 4.74 Å². The molecule has 52 nitrogen and oxygen atoms in total. The molecular formula is C82H56O52. The van der Waals surface area contributed by atoms with E-state index >= 15 is 28.8 Å². The Balaban J connectivity index is 0.865. The zero-order chi connectivity index (χ0) is 97.5. The number of carbonyl (C=O) groups excluding carboxylic acids is 10. The molecule has 5 heterocycles. The summed E-state index contributed by atoms with van der Waals surface area (Å²) in [4.78, 5) is 149. The minimum absolute atomic E-state index is 0.0765. The van der Waals surface area contributed by atoms with Crippen molar-refractivity contribution >= 4 is 59.7 Å². The van der Waals surface area contributed by atoms with Gasteiger partial charge >= 0.3 is 59.7 Å². The number of carbonyl (C=O) groups is 10. The largest absolute Gasteiger partial charge is 0.504 e. The second-order valence-electron chi connectivity index (χ2n) is 29.0. The Bertz CT molecular complexity index is 6800. The topological polar surface area (TPSA) is 877 Å². The molecule has 0 saturated carbocycles. The Morgan fingerprint density at radius 3 is 0.940 bits per heavy atom. The maximum atomic E-state index is 15.6. The van der Waals surface area contributed by atoms with E-state index in [-0.39, 0.29) is 36.4 Å². The second kappa shape index (κ2) is 32.9. The highest BCUT2D eigenvalue weighted by atomic mass is 16.8. The number of ether oxygens (including phenoxy) is 13. The lowest BCUT2D eigenvalue weighted by molar-refractivity contribution is -0.283. The maximum Gasteiger partial charge on any atom is 0.342 e. The first-order valence-corrected chi connectivity index (χ1v) is 37.1. The fraction of sp³-hybridized carbons (Fsp3) is 0.146. The number of phenolic OH excluding ortho intramolecular Hbond substituents is 29. The number of hydrogen-bond acceptors (Lipinski definition) is 52. The predicted octanol–water partition coefficient (Wildman–Crippen LogP) is 3.71. The van der Waals surface area contributed by atoms with E-state index in [0.717, 1.165) is 0 Å². The Labute approximate surface area is 735 Å². The molecule has 10 aromatic carbocycles. The van der Waals surface area contributed by atoms with Crippen LogP contribution in [0.2, 0.25) is 0 Å². The van der Waals surface area contributed by atoms with Crippen molar-refractivity contribution in [2.75, 3.05) is 13.2 Å². The van der Waals surface area contributed by atoms with Gasteiger partial charge in [0, 0.05) is 45.5 Å². The first-order valence-electron chi connectivity index (χ1n) is 37.1. The lowest BCUT2D eigenvalue weighted by Crippen LogP contribution is -2.63. The van der Waals surface area contributed by atoms with E-state index < -0.39 is 402 Å². The van der Waals surface area contributed by atoms with Crippen molar-refractivity contribution in [3.8, 4) is 212 Å². The molecular weight excluding hydrogens is 1820 g/mol. The summed E-state index contributed by atoms with van der Waals surface area (Å²) in [6.45, 7) is -3.30. The zero-order valence-electron chi connectivity index (χ0n) is 65.6. The molecule has 52 heteroatoms. The highest BCUT2D eigenvalue weighted by Gasteiger charge is 2.59. The van der Waals surface area contributed by atoms with Crippen LogP contribution in [0, 0.1) is 0 Å². The first-order chi connectivity index (χ1) is 63.1. The molecule has 2 fully saturated rings. The van der Waals surface area contributed by atoms with Gasteiger partial charge in [-0.2, -0.15) is 0 Å². The van der Waals surface area contributed by atoms with Crippen LogP contribution in [-0.2, 0) is 56.8 Å². The van der Waals surface area contributed by atoms with E-state index in [1.54, 1.807) is 0 Å². The van der Waals surface area contributed by atoms with Crippen LogP contribution in [0.15, 0.2) is 78.9 Å². The summed E-state index contributed by atoms with van der Waals surface area (Å²) in [5.74, 6) is -67.4. The van der Waals surface area contributed by atoms with Crippen molar-refractivity contribution in [2.45, 2.75) is 61.4 Å². The summed E-state index contributed by atoms with van der Waals surface area (Å²) < 4.78 is 74.5. The number of benzene rings is 10. The monoisotopic (exact) mass is 1870 g/mol. The van der Waals surface area contributed by atoms with Gasteiger partial charge in [-0.25, -0.2) is 47.9 Å². The molecule has 5 aliphatic heterocycles. The minimum atomic E-state index is -3.01. The van der Waals surface area contributed by atoms with Gasteiger partial charge < -0.3 is 210 Å². The van der Waals surface area contributed by atoms with Crippen molar-refractivity contribution in [3.05, 3.63) is 134 Å². The number of rotatable bonds is 11. The van der Waals surface area contributed by atoms with Crippen LogP contribution in [0.1, 0.15) is 104 Å². The minimum Gasteiger partial charge on any atom is -0.504 e. The van der Waals surface area contributed by atoms with Gasteiger partial charge in [-0.15, -0.1) is 0 Å². The van der Waals surface area contributed by atoms with Gasteiger partial charge in [-0.05, 0) is 66.7 Å². The van der Waals surface area contributed by atoms with Crippen LogP contribution in [0.5, 0.6) is 178 Å². The Morgan fingerprint density at radius 1 is 0.276 bits per heavy atom. The molecule has 10 atom stereocenters. The summed E-state index contributed by atoms with van der Waals surface area (Å²) in [5.41, 5.74) is -20.8. The third-order valence-electron chi connectivity index (χ3n) is 21.0. The molecule has 10 aromatic rings. The molecule has 2 saturated heterocycles. The van der Waals surface area contributed by atoms with E-state index in [0.29, 0.717) is 42.5 Å². The van der Waals surface area contributed by atoms with E-state index in [9.17, 15) is 167 Å². The molecule has 0 aliphatic carbocycles. The average Bonchev–Trinajstić information content (AvgIpc) is 0.942. The van der Waals surface area contributed by atoms with E-state index in [2.05, 4.69) is 0 Å². The van der Waals surface area contributed by atoms with E-state index in [1.807, 2.05) is 0 Å². The van der Waals surface area contributed by atoms with Gasteiger partial charge in [-0.1, -0.05) is 0 Å². The average molecular weight is 1870 g/mol. The predicted molar refractivity (Wildman–Crippen MR) is 414 cm³/mol. The van der Waals surface area contributed by atoms with Crippen molar-refractivity contribution in [1.82, 2.24) is 0 Å². The molecule has 0 radical (unpaired) electrons. The number of aromatic hydroxyl groups is 29. The summed E-state index contributed by atoms with van der Waals surface area (Å²) in [5, 5.41) is 319. The van der Waals surface area contributed by atoms with Gasteiger partial charge in [0.2, 0.25) is 70.8 Å². The van der Waals surface area contributed by atoms with Crippen molar-refractivity contribution in [1.29, 1.82) is 0 Å². The summed E-state index contributed by atoms with van der Waals surface area (Å²) in [7, 11) is 0. The fourth-order valence-electron chi connectivity index (χ4n) is 14.5. The van der Waals surface area contributed by atoms with Crippen LogP contribution in [0.3, 0.4) is 0 Å². The molecule has 134 heavy (non-hydrogen) atoms. The third-order valence-corrected chi connectivity index (χ3v) is 21.0. The Morgan fingerprint density at radius 2 is 0.567 bits per heavy atom. The molecule has 0 aromatic heterocycles. The lowest BCUT2D eigenvalue weighted by Gasteiger charge is -2.44. The maximum absolute atomic E-state index is 15.6. The smallest absolute Gasteiger partial charge is 0.342 e. The third kappa shape index (κ3) is 15.0. The van der Waals surface area contributed by atoms with Gasteiger partial charge in [-0.3, -0.25) is 0 Å². The SMILES string of the molecule is O=C(OC[C@H]1O[C@@H](OC(=O)c2cc(O)c(O)c(O)c2)[C@@H]2OC(=O)c3cc(O)c(O)c(O)c3-c3c(cc(O)c(O)c3O)C(=O)O[C@@H]2[C@H]1OC(=O)c1cc(O)c(O)c(O)c1Oc1cc2c(c(O)c1O)-c1c(cc(O)c(O)c1O)C(=O)O[C@H]1[C@H]3OC(=O)c4cc(O)c(O)c(O)c4-c4c(cc(O)c(O)c4O)C(=O)O[C@H]3[C@H](OC(=O)c3cc(O)c(O)c(O)c3)O[C@H]1COC2=O)c1cc(O)c(O)c(O)c1. The first kappa shape index (κ1) is 89.6. The highest BCUT2D eigenvalue weighted by Crippen LogP contribution is 2.60. The van der Waals surface area contributed by atoms with Gasteiger partial charge in [0.05, 0.1) is 50.1 Å². The molecule has 15 rings (SSSR count). The standard InChI is InChI=1S/C82H56O52/c83-26-1-16(2-27(84)47(26)95)71(112)122-14-39-66(68-70(81(125-39)133-72(113)17-3-28(85)48(96)29(86)4-17)132-79(120)23-11-36(93)53(101)60(108)44(23)42-21(77(118)130-68)9-34(91)51(99)58(42)106)128-80(121)25-12-37(94)55(103)63(111)64(25)124-38-13-24-46(62(110)56(38)104)45-19(7-32(89)54(102)61(45)109)75(116)127-65-40(15-123-74(24)115)126-82(134-73(114)18-5-30(87)49(97)31(88)6-18)69-67(65)129-76(117)20-8-33(90)50(98)57(105)41(20)43-22(78(119)131-69)10-35(92)52(100)59(43)107/h1-13,39-40,65-70,81-111H,14-15H2/t39-,40+,65-,66+,67-,68-,69-,70-,81+,82+/m1/s1. The number of fused-ring (bicyclic) bond motifs is 13. The number of hydrogen-bond donors (Lipinski definition) is 29.